The molecule has 1 N–H and O–H groups in total. The second-order valence-corrected chi connectivity index (χ2v) is 7.70. The number of anilines is 1. The Balaban J connectivity index is 1.41. The summed E-state index contributed by atoms with van der Waals surface area (Å²) >= 11 is 0. The van der Waals surface area contributed by atoms with Gasteiger partial charge in [0.25, 0.3) is 0 Å². The number of nitrogens with one attached hydrogen (secondary N) is 1. The van der Waals surface area contributed by atoms with E-state index in [-0.39, 0.29) is 5.91 Å². The van der Waals surface area contributed by atoms with Gasteiger partial charge in [-0.25, -0.2) is 0 Å². The van der Waals surface area contributed by atoms with Gasteiger partial charge in [0.2, 0.25) is 5.91 Å². The number of hydrogen-bond donors (Lipinski definition) is 1. The summed E-state index contributed by atoms with van der Waals surface area (Å²) in [5, 5.41) is 11.8. The molecule has 3 aromatic rings. The van der Waals surface area contributed by atoms with Gasteiger partial charge in [0.1, 0.15) is 5.82 Å². The van der Waals surface area contributed by atoms with Crippen molar-refractivity contribution in [3.05, 3.63) is 65.5 Å². The molecule has 5 nitrogen and oxygen atoms in total. The smallest absolute Gasteiger partial charge is 0.224 e. The minimum Gasteiger partial charge on any atom is -0.326 e. The van der Waals surface area contributed by atoms with Crippen molar-refractivity contribution in [2.75, 3.05) is 5.32 Å². The van der Waals surface area contributed by atoms with Crippen molar-refractivity contribution in [2.24, 2.45) is 0 Å². The lowest BCUT2D eigenvalue weighted by Gasteiger charge is -2.10. The average Bonchev–Trinajstić information content (AvgIpc) is 3.01. The zero-order valence-corrected chi connectivity index (χ0v) is 17.0. The average molecular weight is 389 g/mol. The van der Waals surface area contributed by atoms with Crippen molar-refractivity contribution in [2.45, 2.75) is 58.4 Å². The van der Waals surface area contributed by atoms with Crippen LogP contribution in [0.5, 0.6) is 0 Å². The van der Waals surface area contributed by atoms with Gasteiger partial charge in [-0.15, -0.1) is 10.2 Å². The minimum atomic E-state index is 0.0294. The quantitative estimate of drug-likeness (QED) is 0.659. The van der Waals surface area contributed by atoms with Gasteiger partial charge in [-0.1, -0.05) is 49.7 Å². The van der Waals surface area contributed by atoms with Crippen molar-refractivity contribution >= 4 is 11.6 Å². The molecule has 0 saturated heterocycles. The summed E-state index contributed by atoms with van der Waals surface area (Å²) in [6.45, 7) is 3.11. The van der Waals surface area contributed by atoms with Crippen molar-refractivity contribution in [1.82, 2.24) is 14.8 Å². The Morgan fingerprint density at radius 1 is 1.03 bits per heavy atom. The van der Waals surface area contributed by atoms with Gasteiger partial charge in [0, 0.05) is 30.6 Å². The topological polar surface area (TPSA) is 59.8 Å². The number of aromatic nitrogens is 3. The van der Waals surface area contributed by atoms with E-state index in [4.69, 9.17) is 0 Å². The number of carbonyl (C=O) groups is 1. The molecule has 2 aromatic carbocycles. The van der Waals surface area contributed by atoms with E-state index in [0.29, 0.717) is 6.42 Å². The van der Waals surface area contributed by atoms with E-state index in [0.717, 1.165) is 55.1 Å². The van der Waals surface area contributed by atoms with Gasteiger partial charge < -0.3 is 9.88 Å². The number of nitrogens with zero attached hydrogens (tertiary/aromatic N) is 3. The highest BCUT2D eigenvalue weighted by Gasteiger charge is 2.16. The molecule has 2 heterocycles. The van der Waals surface area contributed by atoms with E-state index >= 15 is 0 Å². The maximum Gasteiger partial charge on any atom is 0.224 e. The molecule has 4 rings (SSSR count). The number of benzene rings is 2. The Kier molecular flexibility index (Phi) is 6.03. The van der Waals surface area contributed by atoms with Crippen molar-refractivity contribution in [3.63, 3.8) is 0 Å². The molecular weight excluding hydrogens is 360 g/mol. The normalized spacial score (nSPS) is 13.6. The fourth-order valence-corrected chi connectivity index (χ4v) is 3.86. The predicted molar refractivity (Wildman–Crippen MR) is 116 cm³/mol. The van der Waals surface area contributed by atoms with Crippen LogP contribution in [0.1, 0.15) is 49.6 Å². The van der Waals surface area contributed by atoms with Crippen LogP contribution in [0, 0.1) is 0 Å². The number of fused-ring (bicyclic) bond motifs is 1. The van der Waals surface area contributed by atoms with Crippen molar-refractivity contribution in [3.8, 4) is 11.4 Å². The third-order valence-electron chi connectivity index (χ3n) is 5.59. The maximum absolute atomic E-state index is 12.4. The molecule has 0 bridgehead atoms. The first-order chi connectivity index (χ1) is 14.2. The number of carbonyl (C=O) groups excluding carboxylic acids is 1. The molecule has 5 heteroatoms. The van der Waals surface area contributed by atoms with Gasteiger partial charge in [-0.05, 0) is 48.9 Å². The van der Waals surface area contributed by atoms with Gasteiger partial charge in [-0.3, -0.25) is 4.79 Å². The van der Waals surface area contributed by atoms with Gasteiger partial charge in [0.15, 0.2) is 5.82 Å². The highest BCUT2D eigenvalue weighted by Crippen LogP contribution is 2.25. The van der Waals surface area contributed by atoms with Crippen LogP contribution in [0.3, 0.4) is 0 Å². The van der Waals surface area contributed by atoms with Crippen molar-refractivity contribution < 1.29 is 4.79 Å². The molecular formula is C24H28N4O. The van der Waals surface area contributed by atoms with Gasteiger partial charge in [0.05, 0.1) is 0 Å². The van der Waals surface area contributed by atoms with Crippen LogP contribution in [-0.2, 0) is 30.6 Å². The Morgan fingerprint density at radius 3 is 2.69 bits per heavy atom. The molecule has 0 spiro atoms. The molecule has 29 heavy (non-hydrogen) atoms. The molecule has 1 aromatic heterocycles. The lowest BCUT2D eigenvalue weighted by atomic mass is 10.1. The lowest BCUT2D eigenvalue weighted by molar-refractivity contribution is -0.116. The van der Waals surface area contributed by atoms with E-state index in [9.17, 15) is 4.79 Å². The molecule has 0 radical (unpaired) electrons. The molecule has 1 aliphatic rings. The monoisotopic (exact) mass is 388 g/mol. The maximum atomic E-state index is 12.4. The molecule has 0 atom stereocenters. The predicted octanol–water partition coefficient (Wildman–Crippen LogP) is 4.81. The Morgan fingerprint density at radius 2 is 1.86 bits per heavy atom. The summed E-state index contributed by atoms with van der Waals surface area (Å²) in [5.74, 6) is 2.00. The molecule has 1 amide bonds. The standard InChI is InChI=1S/C24H28N4O/c1-2-18-10-12-19(13-11-18)14-15-23(29)25-21-8-6-7-20(17-21)24-27-26-22-9-4-3-5-16-28(22)24/h6-8,10-13,17H,2-5,9,14-16H2,1H3,(H,25,29). The molecule has 0 fully saturated rings. The van der Waals surface area contributed by atoms with E-state index in [1.165, 1.54) is 24.0 Å². The molecule has 0 aliphatic carbocycles. The second kappa shape index (κ2) is 9.03. The second-order valence-electron chi connectivity index (χ2n) is 7.70. The molecule has 0 saturated carbocycles. The van der Waals surface area contributed by atoms with Crippen LogP contribution in [0.15, 0.2) is 48.5 Å². The van der Waals surface area contributed by atoms with Crippen molar-refractivity contribution in [1.29, 1.82) is 0 Å². The summed E-state index contributed by atoms with van der Waals surface area (Å²) in [6, 6.07) is 16.4. The zero-order chi connectivity index (χ0) is 20.1. The van der Waals surface area contributed by atoms with Crippen LogP contribution in [0.2, 0.25) is 0 Å². The summed E-state index contributed by atoms with van der Waals surface area (Å²) in [4.78, 5) is 12.4. The lowest BCUT2D eigenvalue weighted by Crippen LogP contribution is -2.12. The van der Waals surface area contributed by atoms with Gasteiger partial charge in [-0.2, -0.15) is 0 Å². The number of rotatable bonds is 6. The third kappa shape index (κ3) is 4.73. The van der Waals surface area contributed by atoms with E-state index in [1.54, 1.807) is 0 Å². The first-order valence-electron chi connectivity index (χ1n) is 10.6. The van der Waals surface area contributed by atoms with Crippen LogP contribution < -0.4 is 5.32 Å². The van der Waals surface area contributed by atoms with E-state index < -0.39 is 0 Å². The summed E-state index contributed by atoms with van der Waals surface area (Å²) < 4.78 is 2.23. The molecule has 150 valence electrons. The Bertz CT molecular complexity index is 975. The number of aryl methyl sites for hydroxylation is 3. The first-order valence-corrected chi connectivity index (χ1v) is 10.6. The fraction of sp³-hybridized carbons (Fsp3) is 0.375. The Labute approximate surface area is 172 Å². The molecule has 1 aliphatic heterocycles. The van der Waals surface area contributed by atoms with Crippen LogP contribution in [0.4, 0.5) is 5.69 Å². The minimum absolute atomic E-state index is 0.0294. The summed E-state index contributed by atoms with van der Waals surface area (Å²) in [5.41, 5.74) is 4.32. The third-order valence-corrected chi connectivity index (χ3v) is 5.59. The molecule has 0 unspecified atom stereocenters. The summed E-state index contributed by atoms with van der Waals surface area (Å²) in [7, 11) is 0. The highest BCUT2D eigenvalue weighted by molar-refractivity contribution is 5.91. The number of hydrogen-bond acceptors (Lipinski definition) is 3. The van der Waals surface area contributed by atoms with Crippen LogP contribution in [0.25, 0.3) is 11.4 Å². The first kappa shape index (κ1) is 19.4. The summed E-state index contributed by atoms with van der Waals surface area (Å²) in [6.07, 6.45) is 6.81. The van der Waals surface area contributed by atoms with Crippen LogP contribution in [-0.4, -0.2) is 20.7 Å². The van der Waals surface area contributed by atoms with E-state index in [1.807, 2.05) is 24.3 Å². The highest BCUT2D eigenvalue weighted by atomic mass is 16.1. The fourth-order valence-electron chi connectivity index (χ4n) is 3.86. The Hall–Kier alpha value is -2.95. The largest absolute Gasteiger partial charge is 0.326 e. The van der Waals surface area contributed by atoms with Gasteiger partial charge >= 0.3 is 0 Å². The SMILES string of the molecule is CCc1ccc(CCC(=O)Nc2cccc(-c3nnc4n3CCCCC4)c2)cc1. The number of amides is 1. The zero-order valence-electron chi connectivity index (χ0n) is 17.0. The van der Waals surface area contributed by atoms with E-state index in [2.05, 4.69) is 51.3 Å². The van der Waals surface area contributed by atoms with Crippen LogP contribution >= 0.6 is 0 Å².